The summed E-state index contributed by atoms with van der Waals surface area (Å²) in [6, 6.07) is 3.97. The van der Waals surface area contributed by atoms with Gasteiger partial charge in [-0.1, -0.05) is 20.8 Å². The van der Waals surface area contributed by atoms with Crippen LogP contribution in [-0.2, 0) is 4.79 Å². The van der Waals surface area contributed by atoms with E-state index in [1.54, 1.807) is 0 Å². The van der Waals surface area contributed by atoms with Gasteiger partial charge in [-0.05, 0) is 42.0 Å². The zero-order valence-corrected chi connectivity index (χ0v) is 12.4. The lowest BCUT2D eigenvalue weighted by atomic mass is 9.84. The molecular weight excluding hydrogens is 280 g/mol. The van der Waals surface area contributed by atoms with Crippen LogP contribution in [0.3, 0.4) is 0 Å². The van der Waals surface area contributed by atoms with E-state index in [0.29, 0.717) is 18.4 Å². The van der Waals surface area contributed by atoms with Gasteiger partial charge in [0.2, 0.25) is 0 Å². The number of rotatable bonds is 6. The molecule has 3 N–H and O–H groups in total. The SMILES string of the molecule is CC(C)(C)CCC(C(=O)O)c1cc(OC(F)F)ccc1N. The lowest BCUT2D eigenvalue weighted by molar-refractivity contribution is -0.139. The fourth-order valence-electron chi connectivity index (χ4n) is 2.02. The molecular formula is C15H21F2NO3. The molecule has 0 saturated heterocycles. The summed E-state index contributed by atoms with van der Waals surface area (Å²) in [5, 5.41) is 9.38. The standard InChI is InChI=1S/C15H21F2NO3/c1-15(2,3)7-6-10(13(19)20)11-8-9(21-14(16)17)4-5-12(11)18/h4-5,8,10,14H,6-7,18H2,1-3H3,(H,19,20). The Hall–Kier alpha value is -1.85. The molecule has 1 atom stereocenters. The Labute approximate surface area is 122 Å². The molecule has 0 aliphatic carbocycles. The van der Waals surface area contributed by atoms with E-state index in [0.717, 1.165) is 0 Å². The lowest BCUT2D eigenvalue weighted by Gasteiger charge is -2.22. The van der Waals surface area contributed by atoms with E-state index in [1.165, 1.54) is 18.2 Å². The summed E-state index contributed by atoms with van der Waals surface area (Å²) in [7, 11) is 0. The van der Waals surface area contributed by atoms with Crippen molar-refractivity contribution < 1.29 is 23.4 Å². The first kappa shape index (κ1) is 17.2. The van der Waals surface area contributed by atoms with Crippen LogP contribution in [0.1, 0.15) is 45.1 Å². The quantitative estimate of drug-likeness (QED) is 0.782. The van der Waals surface area contributed by atoms with Gasteiger partial charge in [0.05, 0.1) is 5.92 Å². The number of halogens is 2. The molecule has 0 heterocycles. The molecule has 0 aromatic heterocycles. The summed E-state index contributed by atoms with van der Waals surface area (Å²) in [4.78, 5) is 11.5. The third-order valence-corrected chi connectivity index (χ3v) is 3.14. The van der Waals surface area contributed by atoms with Gasteiger partial charge in [-0.25, -0.2) is 0 Å². The Kier molecular flexibility index (Phi) is 5.52. The number of carbonyl (C=O) groups is 1. The van der Waals surface area contributed by atoms with Gasteiger partial charge >= 0.3 is 12.6 Å². The maximum Gasteiger partial charge on any atom is 0.387 e. The molecule has 0 fully saturated rings. The molecule has 0 spiro atoms. The number of aliphatic carboxylic acids is 1. The Morgan fingerprint density at radius 1 is 1.38 bits per heavy atom. The molecule has 118 valence electrons. The van der Waals surface area contributed by atoms with Crippen molar-refractivity contribution in [3.05, 3.63) is 23.8 Å². The molecule has 21 heavy (non-hydrogen) atoms. The molecule has 1 unspecified atom stereocenters. The van der Waals surface area contributed by atoms with Crippen LogP contribution >= 0.6 is 0 Å². The average Bonchev–Trinajstić information content (AvgIpc) is 2.30. The molecule has 6 heteroatoms. The van der Waals surface area contributed by atoms with Crippen molar-refractivity contribution >= 4 is 11.7 Å². The van der Waals surface area contributed by atoms with Gasteiger partial charge in [0, 0.05) is 5.69 Å². The molecule has 1 rings (SSSR count). The Morgan fingerprint density at radius 3 is 2.48 bits per heavy atom. The largest absolute Gasteiger partial charge is 0.481 e. The minimum absolute atomic E-state index is 0.0282. The van der Waals surface area contributed by atoms with E-state index in [-0.39, 0.29) is 16.9 Å². The smallest absolute Gasteiger partial charge is 0.387 e. The predicted molar refractivity (Wildman–Crippen MR) is 76.6 cm³/mol. The molecule has 0 radical (unpaired) electrons. The summed E-state index contributed by atoms with van der Waals surface area (Å²) in [6.07, 6.45) is 1.05. The summed E-state index contributed by atoms with van der Waals surface area (Å²) < 4.78 is 28.8. The van der Waals surface area contributed by atoms with Gasteiger partial charge in [0.25, 0.3) is 0 Å². The number of nitrogens with two attached hydrogens (primary N) is 1. The maximum absolute atomic E-state index is 12.2. The highest BCUT2D eigenvalue weighted by atomic mass is 19.3. The minimum Gasteiger partial charge on any atom is -0.481 e. The number of benzene rings is 1. The summed E-state index contributed by atoms with van der Waals surface area (Å²) >= 11 is 0. The molecule has 4 nitrogen and oxygen atoms in total. The Bertz CT molecular complexity index is 498. The lowest BCUT2D eigenvalue weighted by Crippen LogP contribution is -2.17. The molecule has 0 bridgehead atoms. The number of anilines is 1. The number of nitrogen functional groups attached to an aromatic ring is 1. The van der Waals surface area contributed by atoms with Gasteiger partial charge in [0.1, 0.15) is 5.75 Å². The van der Waals surface area contributed by atoms with Crippen molar-refractivity contribution in [2.45, 2.75) is 46.1 Å². The summed E-state index contributed by atoms with van der Waals surface area (Å²) in [5.74, 6) is -1.96. The molecule has 0 aliphatic rings. The fraction of sp³-hybridized carbons (Fsp3) is 0.533. The van der Waals surface area contributed by atoms with Crippen molar-refractivity contribution in [1.82, 2.24) is 0 Å². The number of alkyl halides is 2. The van der Waals surface area contributed by atoms with E-state index in [9.17, 15) is 18.7 Å². The number of carboxylic acids is 1. The van der Waals surface area contributed by atoms with E-state index < -0.39 is 18.5 Å². The zero-order chi connectivity index (χ0) is 16.2. The van der Waals surface area contributed by atoms with Crippen molar-refractivity contribution in [3.63, 3.8) is 0 Å². The van der Waals surface area contributed by atoms with Crippen LogP contribution in [0.5, 0.6) is 5.75 Å². The van der Waals surface area contributed by atoms with Crippen LogP contribution in [0.25, 0.3) is 0 Å². The summed E-state index contributed by atoms with van der Waals surface area (Å²) in [6.45, 7) is 3.06. The van der Waals surface area contributed by atoms with Crippen LogP contribution in [0.4, 0.5) is 14.5 Å². The van der Waals surface area contributed by atoms with E-state index in [2.05, 4.69) is 4.74 Å². The maximum atomic E-state index is 12.2. The highest BCUT2D eigenvalue weighted by Crippen LogP contribution is 2.34. The highest BCUT2D eigenvalue weighted by Gasteiger charge is 2.25. The third-order valence-electron chi connectivity index (χ3n) is 3.14. The molecule has 0 saturated carbocycles. The van der Waals surface area contributed by atoms with Gasteiger partial charge in [-0.2, -0.15) is 8.78 Å². The first-order chi connectivity index (χ1) is 9.60. The van der Waals surface area contributed by atoms with Gasteiger partial charge in [0.15, 0.2) is 0 Å². The Balaban J connectivity index is 3.04. The van der Waals surface area contributed by atoms with Crippen LogP contribution in [-0.4, -0.2) is 17.7 Å². The molecule has 1 aromatic carbocycles. The number of hydrogen-bond acceptors (Lipinski definition) is 3. The monoisotopic (exact) mass is 301 g/mol. The second-order valence-corrected chi connectivity index (χ2v) is 6.16. The highest BCUT2D eigenvalue weighted by molar-refractivity contribution is 5.78. The van der Waals surface area contributed by atoms with Crippen LogP contribution in [0.15, 0.2) is 18.2 Å². The van der Waals surface area contributed by atoms with Crippen molar-refractivity contribution in [1.29, 1.82) is 0 Å². The van der Waals surface area contributed by atoms with Crippen molar-refractivity contribution in [2.75, 3.05) is 5.73 Å². The van der Waals surface area contributed by atoms with Gasteiger partial charge < -0.3 is 15.6 Å². The van der Waals surface area contributed by atoms with E-state index >= 15 is 0 Å². The first-order valence-corrected chi connectivity index (χ1v) is 6.67. The van der Waals surface area contributed by atoms with Crippen LogP contribution in [0, 0.1) is 5.41 Å². The van der Waals surface area contributed by atoms with Crippen molar-refractivity contribution in [3.8, 4) is 5.75 Å². The van der Waals surface area contributed by atoms with Crippen molar-refractivity contribution in [2.24, 2.45) is 5.41 Å². The number of hydrogen-bond donors (Lipinski definition) is 2. The second-order valence-electron chi connectivity index (χ2n) is 6.16. The Morgan fingerprint density at radius 2 is 2.00 bits per heavy atom. The normalized spacial score (nSPS) is 13.2. The van der Waals surface area contributed by atoms with E-state index in [4.69, 9.17) is 5.73 Å². The second kappa shape index (κ2) is 6.74. The topological polar surface area (TPSA) is 72.5 Å². The number of ether oxygens (including phenoxy) is 1. The first-order valence-electron chi connectivity index (χ1n) is 6.67. The van der Waals surface area contributed by atoms with Crippen LogP contribution < -0.4 is 10.5 Å². The predicted octanol–water partition coefficient (Wildman–Crippen LogP) is 3.86. The molecule has 1 aromatic rings. The number of carboxylic acid groups (broad SMARTS) is 1. The summed E-state index contributed by atoms with van der Waals surface area (Å²) in [5.41, 5.74) is 6.34. The molecule has 0 amide bonds. The van der Waals surface area contributed by atoms with E-state index in [1.807, 2.05) is 20.8 Å². The molecule has 0 aliphatic heterocycles. The van der Waals surface area contributed by atoms with Gasteiger partial charge in [-0.3, -0.25) is 4.79 Å². The zero-order valence-electron chi connectivity index (χ0n) is 12.4. The fourth-order valence-corrected chi connectivity index (χ4v) is 2.02. The van der Waals surface area contributed by atoms with Crippen LogP contribution in [0.2, 0.25) is 0 Å². The van der Waals surface area contributed by atoms with Gasteiger partial charge in [-0.15, -0.1) is 0 Å². The third kappa shape index (κ3) is 5.57. The minimum atomic E-state index is -2.96. The average molecular weight is 301 g/mol.